The van der Waals surface area contributed by atoms with Crippen LogP contribution in [0.5, 0.6) is 0 Å². The van der Waals surface area contributed by atoms with Gasteiger partial charge in [-0.05, 0) is 30.1 Å². The standard InChI is InChI=1S/C18H21BO2/c1-13(14-9-10-16(20)17(21)11-14)12-18(2,3)19-15-7-5-4-6-8-15/h4-11,13,19H,12H2,1-3H3. The second-order valence-corrected chi connectivity index (χ2v) is 6.64. The fourth-order valence-electron chi connectivity index (χ4n) is 3.00. The van der Waals surface area contributed by atoms with Gasteiger partial charge >= 0.3 is 0 Å². The highest BCUT2D eigenvalue weighted by atomic mass is 16.2. The summed E-state index contributed by atoms with van der Waals surface area (Å²) in [6.45, 7) is 6.61. The zero-order valence-electron chi connectivity index (χ0n) is 12.9. The molecule has 0 saturated carbocycles. The van der Waals surface area contributed by atoms with Crippen LogP contribution in [0.1, 0.15) is 27.2 Å². The number of carbonyl (C=O) groups excluding carboxylic acids is 2. The second-order valence-electron chi connectivity index (χ2n) is 6.64. The van der Waals surface area contributed by atoms with Gasteiger partial charge in [0, 0.05) is 0 Å². The first kappa shape index (κ1) is 15.5. The monoisotopic (exact) mass is 280 g/mol. The van der Waals surface area contributed by atoms with E-state index in [9.17, 15) is 9.59 Å². The molecule has 1 aromatic rings. The molecule has 1 atom stereocenters. The van der Waals surface area contributed by atoms with Crippen molar-refractivity contribution in [2.24, 2.45) is 5.92 Å². The normalized spacial score (nSPS) is 16.6. The zero-order chi connectivity index (χ0) is 15.5. The van der Waals surface area contributed by atoms with Crippen LogP contribution in [0.2, 0.25) is 5.31 Å². The molecule has 3 heteroatoms. The van der Waals surface area contributed by atoms with Crippen molar-refractivity contribution in [1.29, 1.82) is 0 Å². The number of hydrogen-bond acceptors (Lipinski definition) is 2. The minimum absolute atomic E-state index is 0.139. The smallest absolute Gasteiger partial charge is 0.225 e. The molecule has 21 heavy (non-hydrogen) atoms. The molecule has 0 aliphatic heterocycles. The van der Waals surface area contributed by atoms with Crippen LogP contribution in [0.4, 0.5) is 0 Å². The van der Waals surface area contributed by atoms with Gasteiger partial charge in [0.25, 0.3) is 0 Å². The Morgan fingerprint density at radius 3 is 2.33 bits per heavy atom. The summed E-state index contributed by atoms with van der Waals surface area (Å²) in [7, 11) is 1.00. The first-order valence-corrected chi connectivity index (χ1v) is 7.39. The van der Waals surface area contributed by atoms with Crippen LogP contribution in [0.3, 0.4) is 0 Å². The maximum atomic E-state index is 11.5. The maximum absolute atomic E-state index is 11.5. The molecule has 0 radical (unpaired) electrons. The second kappa shape index (κ2) is 6.25. The predicted octanol–water partition coefficient (Wildman–Crippen LogP) is 2.61. The highest BCUT2D eigenvalue weighted by molar-refractivity contribution is 6.56. The Morgan fingerprint density at radius 2 is 1.71 bits per heavy atom. The van der Waals surface area contributed by atoms with Crippen molar-refractivity contribution in [1.82, 2.24) is 0 Å². The Balaban J connectivity index is 2.03. The van der Waals surface area contributed by atoms with E-state index < -0.39 is 11.6 Å². The SMILES string of the molecule is CC(CC(C)(C)Bc1ccccc1)C1=CC(=O)C(=O)C=C1. The van der Waals surface area contributed by atoms with E-state index in [-0.39, 0.29) is 11.2 Å². The quantitative estimate of drug-likeness (QED) is 0.472. The number of rotatable bonds is 5. The number of allylic oxidation sites excluding steroid dienone is 4. The molecule has 0 aromatic heterocycles. The van der Waals surface area contributed by atoms with E-state index in [4.69, 9.17) is 0 Å². The summed E-state index contributed by atoms with van der Waals surface area (Å²) in [5.41, 5.74) is 2.29. The molecular weight excluding hydrogens is 259 g/mol. The molecule has 0 heterocycles. The lowest BCUT2D eigenvalue weighted by molar-refractivity contribution is -0.131. The number of ketones is 2. The van der Waals surface area contributed by atoms with Crippen molar-refractivity contribution in [3.8, 4) is 0 Å². The number of hydrogen-bond donors (Lipinski definition) is 0. The largest absolute Gasteiger partial charge is 0.286 e. The Bertz CT molecular complexity index is 597. The lowest BCUT2D eigenvalue weighted by Crippen LogP contribution is -2.27. The van der Waals surface area contributed by atoms with Crippen LogP contribution in [0, 0.1) is 5.92 Å². The summed E-state index contributed by atoms with van der Waals surface area (Å²) in [4.78, 5) is 22.7. The predicted molar refractivity (Wildman–Crippen MR) is 88.3 cm³/mol. The molecular formula is C18H21BO2. The Hall–Kier alpha value is -1.90. The summed E-state index contributed by atoms with van der Waals surface area (Å²) < 4.78 is 0. The van der Waals surface area contributed by atoms with E-state index in [1.165, 1.54) is 17.6 Å². The average Bonchev–Trinajstić information content (AvgIpc) is 2.41. The van der Waals surface area contributed by atoms with Gasteiger partial charge in [0.05, 0.1) is 0 Å². The third-order valence-corrected chi connectivity index (χ3v) is 3.92. The van der Waals surface area contributed by atoms with E-state index in [1.54, 1.807) is 6.08 Å². The van der Waals surface area contributed by atoms with Crippen LogP contribution in [0.15, 0.2) is 54.1 Å². The van der Waals surface area contributed by atoms with Crippen molar-refractivity contribution in [2.45, 2.75) is 32.5 Å². The van der Waals surface area contributed by atoms with Gasteiger partial charge in [0.1, 0.15) is 0 Å². The molecule has 0 N–H and O–H groups in total. The van der Waals surface area contributed by atoms with Crippen molar-refractivity contribution in [3.63, 3.8) is 0 Å². The van der Waals surface area contributed by atoms with Crippen LogP contribution in [-0.2, 0) is 9.59 Å². The Labute approximate surface area is 127 Å². The molecule has 1 aliphatic rings. The molecule has 0 saturated heterocycles. The Kier molecular flexibility index (Phi) is 4.61. The summed E-state index contributed by atoms with van der Waals surface area (Å²) in [6, 6.07) is 10.4. The van der Waals surface area contributed by atoms with Crippen molar-refractivity contribution < 1.29 is 9.59 Å². The highest BCUT2D eigenvalue weighted by Crippen LogP contribution is 2.35. The van der Waals surface area contributed by atoms with Crippen LogP contribution < -0.4 is 5.46 Å². The summed E-state index contributed by atoms with van der Waals surface area (Å²) in [5, 5.41) is 0.139. The lowest BCUT2D eigenvalue weighted by atomic mass is 9.48. The third kappa shape index (κ3) is 4.28. The van der Waals surface area contributed by atoms with E-state index in [2.05, 4.69) is 45.0 Å². The first-order chi connectivity index (χ1) is 9.87. The van der Waals surface area contributed by atoms with Crippen molar-refractivity contribution in [3.05, 3.63) is 54.1 Å². The van der Waals surface area contributed by atoms with Crippen LogP contribution >= 0.6 is 0 Å². The van der Waals surface area contributed by atoms with Crippen molar-refractivity contribution in [2.75, 3.05) is 0 Å². The highest BCUT2D eigenvalue weighted by Gasteiger charge is 2.25. The molecule has 0 amide bonds. The minimum Gasteiger partial charge on any atom is -0.286 e. The van der Waals surface area contributed by atoms with Crippen LogP contribution in [-0.4, -0.2) is 18.8 Å². The molecule has 1 aliphatic carbocycles. The molecule has 0 spiro atoms. The zero-order valence-corrected chi connectivity index (χ0v) is 12.9. The minimum atomic E-state index is -0.422. The summed E-state index contributed by atoms with van der Waals surface area (Å²) in [6.07, 6.45) is 5.64. The molecule has 1 unspecified atom stereocenters. The van der Waals surface area contributed by atoms with Gasteiger partial charge in [0.15, 0.2) is 7.28 Å². The van der Waals surface area contributed by atoms with E-state index >= 15 is 0 Å². The molecule has 1 aromatic carbocycles. The van der Waals surface area contributed by atoms with Gasteiger partial charge in [0.2, 0.25) is 11.6 Å². The topological polar surface area (TPSA) is 34.1 Å². The summed E-state index contributed by atoms with van der Waals surface area (Å²) in [5.74, 6) is -0.563. The van der Waals surface area contributed by atoms with Gasteiger partial charge < -0.3 is 0 Å². The number of benzene rings is 1. The number of carbonyl (C=O) groups is 2. The third-order valence-electron chi connectivity index (χ3n) is 3.92. The van der Waals surface area contributed by atoms with E-state index in [0.717, 1.165) is 19.3 Å². The molecule has 108 valence electrons. The summed E-state index contributed by atoms with van der Waals surface area (Å²) >= 11 is 0. The van der Waals surface area contributed by atoms with Gasteiger partial charge in [-0.2, -0.15) is 0 Å². The van der Waals surface area contributed by atoms with Gasteiger partial charge in [-0.25, -0.2) is 0 Å². The van der Waals surface area contributed by atoms with E-state index in [1.807, 2.05) is 6.07 Å². The molecule has 0 bridgehead atoms. The average molecular weight is 280 g/mol. The van der Waals surface area contributed by atoms with Gasteiger partial charge in [-0.15, -0.1) is 0 Å². The first-order valence-electron chi connectivity index (χ1n) is 7.39. The van der Waals surface area contributed by atoms with Crippen molar-refractivity contribution >= 4 is 24.3 Å². The lowest BCUT2D eigenvalue weighted by Gasteiger charge is -2.28. The Morgan fingerprint density at radius 1 is 1.05 bits per heavy atom. The molecule has 2 nitrogen and oxygen atoms in total. The molecule has 2 rings (SSSR count). The van der Waals surface area contributed by atoms with E-state index in [0.29, 0.717) is 0 Å². The van der Waals surface area contributed by atoms with Crippen LogP contribution in [0.25, 0.3) is 0 Å². The van der Waals surface area contributed by atoms with Gasteiger partial charge in [-0.3, -0.25) is 9.59 Å². The van der Waals surface area contributed by atoms with Gasteiger partial charge in [-0.1, -0.05) is 68.0 Å². The fourth-order valence-corrected chi connectivity index (χ4v) is 3.00. The molecule has 0 fully saturated rings. The fraction of sp³-hybridized carbons (Fsp3) is 0.333. The maximum Gasteiger partial charge on any atom is 0.225 e.